The van der Waals surface area contributed by atoms with E-state index in [-0.39, 0.29) is 11.5 Å². The van der Waals surface area contributed by atoms with Crippen molar-refractivity contribution in [1.29, 1.82) is 0 Å². The lowest BCUT2D eigenvalue weighted by atomic mass is 10.1. The Hall–Kier alpha value is -1.84. The van der Waals surface area contributed by atoms with Crippen molar-refractivity contribution in [2.45, 2.75) is 26.2 Å². The predicted molar refractivity (Wildman–Crippen MR) is 64.1 cm³/mol. The van der Waals surface area contributed by atoms with Crippen LogP contribution in [0.4, 0.5) is 0 Å². The van der Waals surface area contributed by atoms with Crippen molar-refractivity contribution in [2.75, 3.05) is 6.61 Å². The van der Waals surface area contributed by atoms with E-state index in [0.29, 0.717) is 18.6 Å². The summed E-state index contributed by atoms with van der Waals surface area (Å²) in [6.45, 7) is 2.79. The molecule has 4 nitrogen and oxygen atoms in total. The highest BCUT2D eigenvalue weighted by molar-refractivity contribution is 6.49. The molecule has 2 rings (SSSR count). The molecule has 0 atom stereocenters. The van der Waals surface area contributed by atoms with Crippen molar-refractivity contribution in [3.63, 3.8) is 0 Å². The van der Waals surface area contributed by atoms with Crippen LogP contribution < -0.4 is 4.74 Å². The van der Waals surface area contributed by atoms with Crippen LogP contribution in [0.1, 0.15) is 35.7 Å². The summed E-state index contributed by atoms with van der Waals surface area (Å²) in [5.41, 5.74) is 1.68. The number of unbranched alkanes of at least 4 members (excludes halogenated alkanes) is 1. The average molecular weight is 233 g/mol. The highest BCUT2D eigenvalue weighted by Crippen LogP contribution is 2.25. The number of ketones is 1. The van der Waals surface area contributed by atoms with E-state index < -0.39 is 0 Å². The largest absolute Gasteiger partial charge is 0.494 e. The third-order valence-electron chi connectivity index (χ3n) is 2.83. The Morgan fingerprint density at radius 3 is 3.00 bits per heavy atom. The molecule has 4 heteroatoms. The zero-order chi connectivity index (χ0) is 12.3. The second kappa shape index (κ2) is 4.99. The van der Waals surface area contributed by atoms with E-state index in [1.807, 2.05) is 6.07 Å². The summed E-state index contributed by atoms with van der Waals surface area (Å²) in [7, 11) is 0. The van der Waals surface area contributed by atoms with Crippen LogP contribution in [0.3, 0.4) is 0 Å². The highest BCUT2D eigenvalue weighted by atomic mass is 16.5. The number of hydrogen-bond acceptors (Lipinski definition) is 4. The lowest BCUT2D eigenvalue weighted by molar-refractivity contribution is 0.106. The lowest BCUT2D eigenvalue weighted by Gasteiger charge is -2.06. The number of fused-ring (bicyclic) bond motifs is 1. The van der Waals surface area contributed by atoms with E-state index in [9.17, 15) is 4.79 Å². The van der Waals surface area contributed by atoms with E-state index in [0.717, 1.165) is 24.2 Å². The van der Waals surface area contributed by atoms with Crippen LogP contribution in [-0.4, -0.2) is 23.3 Å². The fraction of sp³-hybridized carbons (Fsp3) is 0.385. The zero-order valence-electron chi connectivity index (χ0n) is 9.77. The molecule has 0 unspecified atom stereocenters. The number of ether oxygens (including phenoxy) is 1. The Morgan fingerprint density at radius 2 is 2.29 bits per heavy atom. The fourth-order valence-electron chi connectivity index (χ4n) is 1.86. The molecule has 1 aliphatic carbocycles. The van der Waals surface area contributed by atoms with Crippen LogP contribution in [0.2, 0.25) is 0 Å². The van der Waals surface area contributed by atoms with Crippen LogP contribution in [0.25, 0.3) is 0 Å². The minimum atomic E-state index is -0.192. The van der Waals surface area contributed by atoms with Gasteiger partial charge in [0.15, 0.2) is 0 Å². The van der Waals surface area contributed by atoms with Crippen LogP contribution in [0, 0.1) is 0 Å². The normalized spacial score (nSPS) is 16.3. The minimum Gasteiger partial charge on any atom is -0.494 e. The number of nitrogens with zero attached hydrogens (tertiary/aromatic N) is 1. The number of carbonyl (C=O) groups is 1. The smallest absolute Gasteiger partial charge is 0.211 e. The van der Waals surface area contributed by atoms with Gasteiger partial charge in [0.2, 0.25) is 5.78 Å². The van der Waals surface area contributed by atoms with Gasteiger partial charge in [0.05, 0.1) is 6.61 Å². The number of hydrogen-bond donors (Lipinski definition) is 1. The second-order valence-electron chi connectivity index (χ2n) is 4.07. The van der Waals surface area contributed by atoms with Crippen molar-refractivity contribution in [1.82, 2.24) is 0 Å². The molecule has 0 spiro atoms. The molecule has 0 heterocycles. The van der Waals surface area contributed by atoms with Crippen LogP contribution in [0.5, 0.6) is 5.75 Å². The molecule has 0 bridgehead atoms. The molecule has 1 aromatic rings. The Labute approximate surface area is 99.9 Å². The molecule has 0 saturated carbocycles. The quantitative estimate of drug-likeness (QED) is 0.493. The summed E-state index contributed by atoms with van der Waals surface area (Å²) in [5, 5.41) is 11.7. The number of Topliss-reactive ketones (excluding diaryl/α,β-unsaturated/α-hetero) is 1. The zero-order valence-corrected chi connectivity index (χ0v) is 9.77. The number of benzene rings is 1. The standard InChI is InChI=1S/C13H15NO3/c1-2-3-6-17-10-4-5-11-9(7-10)8-12(14-16)13(11)15/h4-5,7,16H,2-3,6,8H2,1H3. The van der Waals surface area contributed by atoms with Gasteiger partial charge in [0.1, 0.15) is 11.5 Å². The van der Waals surface area contributed by atoms with E-state index in [1.165, 1.54) is 0 Å². The molecule has 0 aliphatic heterocycles. The molecule has 1 N–H and O–H groups in total. The first-order chi connectivity index (χ1) is 8.26. The van der Waals surface area contributed by atoms with E-state index in [4.69, 9.17) is 9.94 Å². The first kappa shape index (κ1) is 11.6. The fourth-order valence-corrected chi connectivity index (χ4v) is 1.86. The molecule has 0 fully saturated rings. The van der Waals surface area contributed by atoms with E-state index in [1.54, 1.807) is 12.1 Å². The number of oxime groups is 1. The maximum Gasteiger partial charge on any atom is 0.211 e. The predicted octanol–water partition coefficient (Wildman–Crippen LogP) is 2.43. The summed E-state index contributed by atoms with van der Waals surface area (Å²) in [6, 6.07) is 5.37. The summed E-state index contributed by atoms with van der Waals surface area (Å²) in [4.78, 5) is 11.7. The van der Waals surface area contributed by atoms with Crippen molar-refractivity contribution >= 4 is 11.5 Å². The molecule has 17 heavy (non-hydrogen) atoms. The SMILES string of the molecule is CCCCOc1ccc2c(c1)CC(=NO)C2=O. The molecule has 0 saturated heterocycles. The lowest BCUT2D eigenvalue weighted by Crippen LogP contribution is -2.06. The molecular formula is C13H15NO3. The van der Waals surface area contributed by atoms with Gasteiger partial charge < -0.3 is 9.94 Å². The molecule has 0 aromatic heterocycles. The summed E-state index contributed by atoms with van der Waals surface area (Å²) < 4.78 is 5.56. The first-order valence-electron chi connectivity index (χ1n) is 5.77. The summed E-state index contributed by atoms with van der Waals surface area (Å²) in [6.07, 6.45) is 2.49. The Morgan fingerprint density at radius 1 is 1.47 bits per heavy atom. The van der Waals surface area contributed by atoms with Gasteiger partial charge in [0.25, 0.3) is 0 Å². The van der Waals surface area contributed by atoms with E-state index in [2.05, 4.69) is 12.1 Å². The van der Waals surface area contributed by atoms with Crippen LogP contribution in [-0.2, 0) is 6.42 Å². The Bertz CT molecular complexity index is 466. The van der Waals surface area contributed by atoms with Gasteiger partial charge in [-0.15, -0.1) is 0 Å². The van der Waals surface area contributed by atoms with Crippen LogP contribution in [0.15, 0.2) is 23.4 Å². The summed E-state index contributed by atoms with van der Waals surface area (Å²) in [5.74, 6) is 0.576. The van der Waals surface area contributed by atoms with Gasteiger partial charge in [-0.3, -0.25) is 4.79 Å². The van der Waals surface area contributed by atoms with Crippen LogP contribution >= 0.6 is 0 Å². The van der Waals surface area contributed by atoms with Crippen molar-refractivity contribution in [3.05, 3.63) is 29.3 Å². The molecular weight excluding hydrogens is 218 g/mol. The monoisotopic (exact) mass is 233 g/mol. The van der Waals surface area contributed by atoms with E-state index >= 15 is 0 Å². The van der Waals surface area contributed by atoms with Gasteiger partial charge in [-0.05, 0) is 30.2 Å². The molecule has 90 valence electrons. The average Bonchev–Trinajstić information content (AvgIpc) is 2.66. The van der Waals surface area contributed by atoms with Gasteiger partial charge >= 0.3 is 0 Å². The minimum absolute atomic E-state index is 0.192. The maximum atomic E-state index is 11.7. The number of rotatable bonds is 4. The molecule has 0 amide bonds. The van der Waals surface area contributed by atoms with Crippen molar-refractivity contribution < 1.29 is 14.7 Å². The summed E-state index contributed by atoms with van der Waals surface area (Å²) >= 11 is 0. The van der Waals surface area contributed by atoms with Crippen molar-refractivity contribution in [3.8, 4) is 5.75 Å². The van der Waals surface area contributed by atoms with Gasteiger partial charge in [-0.25, -0.2) is 0 Å². The molecule has 0 radical (unpaired) electrons. The molecule has 1 aromatic carbocycles. The van der Waals surface area contributed by atoms with Crippen molar-refractivity contribution in [2.24, 2.45) is 5.16 Å². The second-order valence-corrected chi connectivity index (χ2v) is 4.07. The van der Waals surface area contributed by atoms with Gasteiger partial charge in [0, 0.05) is 12.0 Å². The highest BCUT2D eigenvalue weighted by Gasteiger charge is 2.27. The number of carbonyl (C=O) groups excluding carboxylic acids is 1. The molecule has 1 aliphatic rings. The Balaban J connectivity index is 2.15. The van der Waals surface area contributed by atoms with Gasteiger partial charge in [-0.1, -0.05) is 18.5 Å². The maximum absolute atomic E-state index is 11.7. The third kappa shape index (κ3) is 2.30. The third-order valence-corrected chi connectivity index (χ3v) is 2.83. The first-order valence-corrected chi connectivity index (χ1v) is 5.77. The van der Waals surface area contributed by atoms with Gasteiger partial charge in [-0.2, -0.15) is 0 Å². The Kier molecular flexibility index (Phi) is 3.42. The topological polar surface area (TPSA) is 58.9 Å².